The second-order valence-electron chi connectivity index (χ2n) is 7.07. The minimum Gasteiger partial charge on any atom is -0.462 e. The molecule has 2 aromatic heterocycles. The second kappa shape index (κ2) is 8.66. The molecule has 0 spiro atoms. The average Bonchev–Trinajstić information content (AvgIpc) is 3.04. The van der Waals surface area contributed by atoms with Crippen LogP contribution in [0.4, 0.5) is 0 Å². The summed E-state index contributed by atoms with van der Waals surface area (Å²) in [5, 5.41) is 9.61. The lowest BCUT2D eigenvalue weighted by Crippen LogP contribution is -2.23. The SMILES string of the molecule is CC(C)OC(=O)CSc1nnc(-c2cccnc2)n1[C@H]1CCCC[C@H]1C. The molecule has 26 heavy (non-hydrogen) atoms. The van der Waals surface area contributed by atoms with E-state index in [1.165, 1.54) is 31.0 Å². The highest BCUT2D eigenvalue weighted by Crippen LogP contribution is 2.38. The van der Waals surface area contributed by atoms with E-state index in [9.17, 15) is 4.79 Å². The number of pyridine rings is 1. The van der Waals surface area contributed by atoms with E-state index in [0.717, 1.165) is 23.0 Å². The number of esters is 1. The number of thioether (sulfide) groups is 1. The Kier molecular flexibility index (Phi) is 6.29. The van der Waals surface area contributed by atoms with Crippen molar-refractivity contribution in [1.82, 2.24) is 19.7 Å². The van der Waals surface area contributed by atoms with Crippen LogP contribution in [0.1, 0.15) is 52.5 Å². The number of ether oxygens (including phenoxy) is 1. The van der Waals surface area contributed by atoms with Crippen LogP contribution in [0.5, 0.6) is 0 Å². The molecule has 0 saturated heterocycles. The summed E-state index contributed by atoms with van der Waals surface area (Å²) in [6.45, 7) is 6.00. The number of rotatable bonds is 6. The Morgan fingerprint density at radius 2 is 2.15 bits per heavy atom. The average molecular weight is 375 g/mol. The standard InChI is InChI=1S/C19H26N4O2S/c1-13(2)25-17(24)12-26-19-22-21-18(15-8-6-10-20-11-15)23(19)16-9-5-4-7-14(16)3/h6,8,10-11,13-14,16H,4-5,7,9,12H2,1-3H3/t14-,16+/m1/s1. The van der Waals surface area contributed by atoms with Gasteiger partial charge >= 0.3 is 5.97 Å². The summed E-state index contributed by atoms with van der Waals surface area (Å²) < 4.78 is 7.46. The van der Waals surface area contributed by atoms with Crippen molar-refractivity contribution in [3.63, 3.8) is 0 Å². The van der Waals surface area contributed by atoms with Gasteiger partial charge in [0.05, 0.1) is 11.9 Å². The maximum absolute atomic E-state index is 11.9. The third-order valence-corrected chi connectivity index (χ3v) is 5.58. The van der Waals surface area contributed by atoms with Crippen molar-refractivity contribution in [3.05, 3.63) is 24.5 Å². The molecule has 1 fully saturated rings. The number of nitrogens with zero attached hydrogens (tertiary/aromatic N) is 4. The van der Waals surface area contributed by atoms with Crippen LogP contribution in [-0.4, -0.2) is 37.6 Å². The van der Waals surface area contributed by atoms with Crippen molar-refractivity contribution in [1.29, 1.82) is 0 Å². The fraction of sp³-hybridized carbons (Fsp3) is 0.579. The smallest absolute Gasteiger partial charge is 0.316 e. The molecule has 0 aromatic carbocycles. The van der Waals surface area contributed by atoms with E-state index in [4.69, 9.17) is 4.74 Å². The maximum atomic E-state index is 11.9. The van der Waals surface area contributed by atoms with E-state index in [-0.39, 0.29) is 17.8 Å². The Morgan fingerprint density at radius 3 is 2.85 bits per heavy atom. The highest BCUT2D eigenvalue weighted by atomic mass is 32.2. The van der Waals surface area contributed by atoms with Crippen LogP contribution in [0.25, 0.3) is 11.4 Å². The van der Waals surface area contributed by atoms with E-state index in [1.807, 2.05) is 32.2 Å². The first-order valence-corrected chi connectivity index (χ1v) is 10.2. The summed E-state index contributed by atoms with van der Waals surface area (Å²) >= 11 is 1.40. The molecule has 1 saturated carbocycles. The Labute approximate surface area is 158 Å². The first-order valence-electron chi connectivity index (χ1n) is 9.24. The van der Waals surface area contributed by atoms with Crippen LogP contribution in [0, 0.1) is 5.92 Å². The number of carbonyl (C=O) groups is 1. The zero-order chi connectivity index (χ0) is 18.5. The van der Waals surface area contributed by atoms with E-state index in [1.54, 1.807) is 6.20 Å². The lowest BCUT2D eigenvalue weighted by Gasteiger charge is -2.31. The molecule has 0 unspecified atom stereocenters. The van der Waals surface area contributed by atoms with Gasteiger partial charge in [-0.05, 0) is 44.7 Å². The second-order valence-corrected chi connectivity index (χ2v) is 8.02. The monoisotopic (exact) mass is 374 g/mol. The quantitative estimate of drug-likeness (QED) is 0.559. The lowest BCUT2D eigenvalue weighted by molar-refractivity contribution is -0.144. The van der Waals surface area contributed by atoms with Crippen LogP contribution < -0.4 is 0 Å². The Balaban J connectivity index is 1.89. The molecule has 0 aliphatic heterocycles. The lowest BCUT2D eigenvalue weighted by atomic mass is 9.85. The van der Waals surface area contributed by atoms with Crippen LogP contribution in [0.3, 0.4) is 0 Å². The maximum Gasteiger partial charge on any atom is 0.316 e. The fourth-order valence-corrected chi connectivity index (χ4v) is 4.24. The van der Waals surface area contributed by atoms with Gasteiger partial charge in [0.25, 0.3) is 0 Å². The van der Waals surface area contributed by atoms with Crippen molar-refractivity contribution in [2.75, 3.05) is 5.75 Å². The molecular formula is C19H26N4O2S. The number of hydrogen-bond acceptors (Lipinski definition) is 6. The molecule has 2 atom stereocenters. The minimum absolute atomic E-state index is 0.106. The van der Waals surface area contributed by atoms with Gasteiger partial charge in [0.15, 0.2) is 11.0 Å². The molecule has 140 valence electrons. The van der Waals surface area contributed by atoms with Gasteiger partial charge in [-0.1, -0.05) is 31.5 Å². The third kappa shape index (κ3) is 4.44. The normalized spacial score (nSPS) is 20.3. The van der Waals surface area contributed by atoms with Gasteiger partial charge in [-0.25, -0.2) is 0 Å². The van der Waals surface area contributed by atoms with Gasteiger partial charge in [-0.2, -0.15) is 0 Å². The van der Waals surface area contributed by atoms with Gasteiger partial charge in [0.2, 0.25) is 0 Å². The molecule has 3 rings (SSSR count). The van der Waals surface area contributed by atoms with Gasteiger partial charge in [0.1, 0.15) is 0 Å². The predicted molar refractivity (Wildman–Crippen MR) is 102 cm³/mol. The highest BCUT2D eigenvalue weighted by Gasteiger charge is 2.29. The van der Waals surface area contributed by atoms with Gasteiger partial charge in [-0.3, -0.25) is 14.3 Å². The zero-order valence-electron chi connectivity index (χ0n) is 15.6. The molecule has 0 amide bonds. The first-order chi connectivity index (χ1) is 12.6. The summed E-state index contributed by atoms with van der Waals surface area (Å²) in [5.74, 6) is 1.40. The summed E-state index contributed by atoms with van der Waals surface area (Å²) in [5.41, 5.74) is 0.953. The minimum atomic E-state index is -0.223. The Hall–Kier alpha value is -1.89. The van der Waals surface area contributed by atoms with Gasteiger partial charge < -0.3 is 4.74 Å². The van der Waals surface area contributed by atoms with Crippen molar-refractivity contribution < 1.29 is 9.53 Å². The highest BCUT2D eigenvalue weighted by molar-refractivity contribution is 7.99. The summed E-state index contributed by atoms with van der Waals surface area (Å²) in [6.07, 6.45) is 8.25. The topological polar surface area (TPSA) is 69.9 Å². The summed E-state index contributed by atoms with van der Waals surface area (Å²) in [7, 11) is 0. The van der Waals surface area contributed by atoms with E-state index in [2.05, 4.69) is 26.7 Å². The number of aromatic nitrogens is 4. The first kappa shape index (κ1) is 18.9. The van der Waals surface area contributed by atoms with Crippen LogP contribution in [-0.2, 0) is 9.53 Å². The molecule has 2 heterocycles. The largest absolute Gasteiger partial charge is 0.462 e. The van der Waals surface area contributed by atoms with Crippen molar-refractivity contribution >= 4 is 17.7 Å². The van der Waals surface area contributed by atoms with Crippen LogP contribution in [0.15, 0.2) is 29.7 Å². The number of carbonyl (C=O) groups excluding carboxylic acids is 1. The van der Waals surface area contributed by atoms with E-state index in [0.29, 0.717) is 12.0 Å². The molecule has 0 bridgehead atoms. The van der Waals surface area contributed by atoms with Crippen molar-refractivity contribution in [2.45, 2.75) is 63.8 Å². The van der Waals surface area contributed by atoms with Crippen LogP contribution >= 0.6 is 11.8 Å². The molecule has 2 aromatic rings. The van der Waals surface area contributed by atoms with E-state index < -0.39 is 0 Å². The Bertz CT molecular complexity index is 732. The van der Waals surface area contributed by atoms with Gasteiger partial charge in [0, 0.05) is 24.0 Å². The molecule has 0 radical (unpaired) electrons. The molecule has 6 nitrogen and oxygen atoms in total. The van der Waals surface area contributed by atoms with Gasteiger partial charge in [-0.15, -0.1) is 10.2 Å². The molecule has 1 aliphatic rings. The zero-order valence-corrected chi connectivity index (χ0v) is 16.4. The van der Waals surface area contributed by atoms with Crippen molar-refractivity contribution in [3.8, 4) is 11.4 Å². The number of hydrogen-bond donors (Lipinski definition) is 0. The molecule has 7 heteroatoms. The molecule has 0 N–H and O–H groups in total. The van der Waals surface area contributed by atoms with Crippen molar-refractivity contribution in [2.24, 2.45) is 5.92 Å². The van der Waals surface area contributed by atoms with E-state index >= 15 is 0 Å². The Morgan fingerprint density at radius 1 is 1.35 bits per heavy atom. The summed E-state index contributed by atoms with van der Waals surface area (Å²) in [6, 6.07) is 4.26. The molecular weight excluding hydrogens is 348 g/mol. The van der Waals surface area contributed by atoms with Crippen LogP contribution in [0.2, 0.25) is 0 Å². The fourth-order valence-electron chi connectivity index (χ4n) is 3.47. The molecule has 1 aliphatic carbocycles. The predicted octanol–water partition coefficient (Wildman–Crippen LogP) is 4.14. The summed E-state index contributed by atoms with van der Waals surface area (Å²) in [4.78, 5) is 16.2. The third-order valence-electron chi connectivity index (χ3n) is 4.67.